The Morgan fingerprint density at radius 2 is 1.23 bits per heavy atom. The van der Waals surface area contributed by atoms with E-state index in [0.29, 0.717) is 107 Å². The van der Waals surface area contributed by atoms with E-state index in [0.717, 1.165) is 28.9 Å². The number of hydrogen-bond acceptors (Lipinski definition) is 10. The van der Waals surface area contributed by atoms with E-state index >= 15 is 8.78 Å². The standard InChI is InChI=1S/C53H66F4N10O6S2/c1-2-24-66-48(44(31-60-66)50(68)64-30-23-52(54,55)35-64)41-21-28-63(29-22-41)47(39-13-17-43(18-14-39)75(59,72)73)10-6-7-25-67-49(40-19-26-62(27-20-40)33-37-11-15-42(16-12-37)74(58,70)71)45(32-61-67)51(69)65-34-46(53(56,57)36-65)38-8-4-3-5-9-38/h3-5,8-9,11-18,31-32,40-41,46-47H,2,6-7,10,19-30,33-36H2,1H3,(H2,58,70,71)(H2,59,72,73). The summed E-state index contributed by atoms with van der Waals surface area (Å²) in [4.78, 5) is 35.3. The molecule has 404 valence electrons. The van der Waals surface area contributed by atoms with Gasteiger partial charge in [0.15, 0.2) is 0 Å². The minimum atomic E-state index is -3.95. The van der Waals surface area contributed by atoms with Crippen LogP contribution in [0.5, 0.6) is 0 Å². The summed E-state index contributed by atoms with van der Waals surface area (Å²) in [6, 6.07) is 21.5. The molecule has 9 rings (SSSR count). The molecule has 0 bridgehead atoms. The summed E-state index contributed by atoms with van der Waals surface area (Å²) in [5.74, 6) is -8.27. The van der Waals surface area contributed by atoms with Crippen LogP contribution in [-0.4, -0.2) is 132 Å². The molecule has 2 unspecified atom stereocenters. The van der Waals surface area contributed by atoms with Crippen LogP contribution in [0.15, 0.2) is 101 Å². The van der Waals surface area contributed by atoms with Gasteiger partial charge in [0.05, 0.1) is 63.7 Å². The number of nitrogens with two attached hydrogens (primary N) is 2. The second kappa shape index (κ2) is 22.2. The van der Waals surface area contributed by atoms with Gasteiger partial charge in [0.1, 0.15) is 0 Å². The number of aromatic nitrogens is 4. The Hall–Kier alpha value is -5.52. The fraction of sp³-hybridized carbons (Fsp3) is 0.509. The number of carbonyl (C=O) groups excluding carboxylic acids is 2. The van der Waals surface area contributed by atoms with E-state index in [1.807, 2.05) is 16.3 Å². The lowest BCUT2D eigenvalue weighted by Gasteiger charge is -2.38. The number of amides is 2. The van der Waals surface area contributed by atoms with Crippen molar-refractivity contribution in [1.29, 1.82) is 0 Å². The molecule has 16 nitrogen and oxygen atoms in total. The van der Waals surface area contributed by atoms with Crippen molar-refractivity contribution in [2.45, 2.75) is 130 Å². The minimum absolute atomic E-state index is 0.00437. The summed E-state index contributed by atoms with van der Waals surface area (Å²) in [5, 5.41) is 20.1. The van der Waals surface area contributed by atoms with Crippen molar-refractivity contribution in [3.8, 4) is 0 Å². The zero-order valence-electron chi connectivity index (χ0n) is 42.1. The monoisotopic (exact) mass is 1080 g/mol. The maximum absolute atomic E-state index is 15.7. The van der Waals surface area contributed by atoms with E-state index < -0.39 is 62.7 Å². The van der Waals surface area contributed by atoms with Gasteiger partial charge in [-0.25, -0.2) is 44.7 Å². The SMILES string of the molecule is CCCn1ncc(C(=O)N2CCC(F)(F)C2)c1C1CCN(C(CCCCn2ncc(C(=O)N3CC(c4ccccc4)C(F)(F)C3)c2C2CCN(Cc3ccc(S(N)(=O)=O)cc3)CC2)c2ccc(S(N)(=O)=O)cc2)CC1. The van der Waals surface area contributed by atoms with Crippen molar-refractivity contribution in [1.82, 2.24) is 39.2 Å². The van der Waals surface area contributed by atoms with Gasteiger partial charge < -0.3 is 9.80 Å². The summed E-state index contributed by atoms with van der Waals surface area (Å²) >= 11 is 0. The largest absolute Gasteiger partial charge is 0.332 e. The highest BCUT2D eigenvalue weighted by Crippen LogP contribution is 2.42. The molecule has 4 aliphatic heterocycles. The normalized spacial score (nSPS) is 20.5. The van der Waals surface area contributed by atoms with Crippen molar-refractivity contribution < 1.29 is 44.0 Å². The van der Waals surface area contributed by atoms with Crippen LogP contribution in [0.25, 0.3) is 0 Å². The lowest BCUT2D eigenvalue weighted by atomic mass is 9.88. The number of unbranched alkanes of at least 4 members (excludes halogenated alkanes) is 1. The van der Waals surface area contributed by atoms with Crippen molar-refractivity contribution >= 4 is 31.9 Å². The fourth-order valence-corrected chi connectivity index (χ4v) is 12.7. The first kappa shape index (κ1) is 54.3. The zero-order chi connectivity index (χ0) is 53.3. The first-order valence-electron chi connectivity index (χ1n) is 25.9. The van der Waals surface area contributed by atoms with Crippen LogP contribution < -0.4 is 10.3 Å². The van der Waals surface area contributed by atoms with Gasteiger partial charge >= 0.3 is 0 Å². The van der Waals surface area contributed by atoms with Gasteiger partial charge in [-0.15, -0.1) is 0 Å². The third-order valence-electron chi connectivity index (χ3n) is 15.6. The first-order chi connectivity index (χ1) is 35.7. The highest BCUT2D eigenvalue weighted by atomic mass is 32.2. The number of nitrogens with zero attached hydrogens (tertiary/aromatic N) is 8. The van der Waals surface area contributed by atoms with E-state index in [1.54, 1.807) is 54.6 Å². The number of alkyl halides is 4. The molecule has 6 heterocycles. The van der Waals surface area contributed by atoms with E-state index in [1.165, 1.54) is 46.5 Å². The molecule has 0 aliphatic carbocycles. The smallest absolute Gasteiger partial charge is 0.273 e. The molecule has 4 fully saturated rings. The van der Waals surface area contributed by atoms with E-state index in [9.17, 15) is 35.2 Å². The average Bonchev–Trinajstić information content (AvgIpc) is 4.17. The highest BCUT2D eigenvalue weighted by molar-refractivity contribution is 7.89. The Kier molecular flexibility index (Phi) is 16.1. The van der Waals surface area contributed by atoms with Gasteiger partial charge in [-0.3, -0.25) is 28.8 Å². The van der Waals surface area contributed by atoms with Gasteiger partial charge in [-0.05, 0) is 119 Å². The molecule has 2 amide bonds. The Balaban J connectivity index is 0.917. The van der Waals surface area contributed by atoms with E-state index in [-0.39, 0.29) is 47.2 Å². The molecule has 0 spiro atoms. The number of benzene rings is 3. The van der Waals surface area contributed by atoms with Crippen LogP contribution in [0.2, 0.25) is 0 Å². The number of piperidine rings is 2. The minimum Gasteiger partial charge on any atom is -0.332 e. The number of halogens is 4. The second-order valence-electron chi connectivity index (χ2n) is 20.8. The number of sulfonamides is 2. The maximum atomic E-state index is 15.7. The number of carbonyl (C=O) groups is 2. The van der Waals surface area contributed by atoms with Gasteiger partial charge in [-0.1, -0.05) is 61.5 Å². The molecule has 2 atom stereocenters. The van der Waals surface area contributed by atoms with Crippen LogP contribution in [0, 0.1) is 0 Å². The molecule has 2 aromatic heterocycles. The molecule has 22 heteroatoms. The van der Waals surface area contributed by atoms with Crippen LogP contribution in [0.1, 0.15) is 137 Å². The Morgan fingerprint density at radius 1 is 0.680 bits per heavy atom. The molecule has 4 saturated heterocycles. The number of rotatable bonds is 18. The summed E-state index contributed by atoms with van der Waals surface area (Å²) in [5.41, 5.74) is 4.47. The Labute approximate surface area is 436 Å². The van der Waals surface area contributed by atoms with Gasteiger partial charge in [0.2, 0.25) is 20.0 Å². The predicted octanol–water partition coefficient (Wildman–Crippen LogP) is 7.31. The zero-order valence-corrected chi connectivity index (χ0v) is 43.8. The second-order valence-corrected chi connectivity index (χ2v) is 23.9. The third-order valence-corrected chi connectivity index (χ3v) is 17.5. The van der Waals surface area contributed by atoms with Crippen molar-refractivity contribution in [3.63, 3.8) is 0 Å². The van der Waals surface area contributed by atoms with Crippen LogP contribution in [-0.2, 0) is 39.7 Å². The van der Waals surface area contributed by atoms with Crippen LogP contribution in [0.3, 0.4) is 0 Å². The van der Waals surface area contributed by atoms with Crippen LogP contribution in [0.4, 0.5) is 17.6 Å². The summed E-state index contributed by atoms with van der Waals surface area (Å²) in [7, 11) is -7.78. The van der Waals surface area contributed by atoms with E-state index in [2.05, 4.69) is 14.9 Å². The Morgan fingerprint density at radius 3 is 1.77 bits per heavy atom. The first-order valence-corrected chi connectivity index (χ1v) is 29.0. The molecule has 5 aromatic rings. The van der Waals surface area contributed by atoms with Crippen molar-refractivity contribution in [3.05, 3.63) is 130 Å². The maximum Gasteiger partial charge on any atom is 0.273 e. The number of likely N-dealkylation sites (tertiary alicyclic amines) is 4. The molecule has 0 saturated carbocycles. The molecule has 0 radical (unpaired) electrons. The lowest BCUT2D eigenvalue weighted by Crippen LogP contribution is -2.37. The lowest BCUT2D eigenvalue weighted by molar-refractivity contribution is -0.00245. The fourth-order valence-electron chi connectivity index (χ4n) is 11.7. The molecule has 75 heavy (non-hydrogen) atoms. The average molecular weight is 1080 g/mol. The van der Waals surface area contributed by atoms with E-state index in [4.69, 9.17) is 15.4 Å². The third kappa shape index (κ3) is 12.4. The summed E-state index contributed by atoms with van der Waals surface area (Å²) in [6.07, 6.45) is 8.14. The van der Waals surface area contributed by atoms with Gasteiger partial charge in [0, 0.05) is 57.0 Å². The summed E-state index contributed by atoms with van der Waals surface area (Å²) < 4.78 is 112. The van der Waals surface area contributed by atoms with Gasteiger partial charge in [0.25, 0.3) is 23.7 Å². The molecule has 4 aliphatic rings. The van der Waals surface area contributed by atoms with Crippen molar-refractivity contribution in [2.75, 3.05) is 52.4 Å². The molecule has 3 aromatic carbocycles. The number of primary sulfonamides is 2. The molecular weight excluding hydrogens is 1010 g/mol. The summed E-state index contributed by atoms with van der Waals surface area (Å²) in [6.45, 7) is 4.73. The molecular formula is C53H66F4N10O6S2. The quantitative estimate of drug-likeness (QED) is 0.0662. The topological polar surface area (TPSA) is 203 Å². The van der Waals surface area contributed by atoms with Gasteiger partial charge in [-0.2, -0.15) is 10.2 Å². The predicted molar refractivity (Wildman–Crippen MR) is 273 cm³/mol. The Bertz CT molecular complexity index is 3030. The van der Waals surface area contributed by atoms with Crippen LogP contribution >= 0.6 is 0 Å². The van der Waals surface area contributed by atoms with Crippen molar-refractivity contribution in [2.24, 2.45) is 10.3 Å². The highest BCUT2D eigenvalue weighted by Gasteiger charge is 2.51. The molecule has 4 N–H and O–H groups in total. The number of aryl methyl sites for hydroxylation is 2. The number of hydrogen-bond donors (Lipinski definition) is 2.